The highest BCUT2D eigenvalue weighted by atomic mass is 16.4. The minimum atomic E-state index is -0.954. The van der Waals surface area contributed by atoms with Crippen molar-refractivity contribution in [2.75, 3.05) is 6.54 Å². The fourth-order valence-corrected chi connectivity index (χ4v) is 3.92. The van der Waals surface area contributed by atoms with Crippen LogP contribution in [0.25, 0.3) is 0 Å². The third-order valence-electron chi connectivity index (χ3n) is 5.67. The van der Waals surface area contributed by atoms with Gasteiger partial charge in [-0.15, -0.1) is 0 Å². The molecule has 2 fully saturated rings. The molecule has 0 unspecified atom stereocenters. The van der Waals surface area contributed by atoms with E-state index >= 15 is 0 Å². The number of carbonyl (C=O) groups is 3. The van der Waals surface area contributed by atoms with Crippen LogP contribution in [0.1, 0.15) is 48.5 Å². The molecule has 136 valence electrons. The van der Waals surface area contributed by atoms with E-state index in [1.54, 1.807) is 13.8 Å². The number of aliphatic carboxylic acids is 1. The van der Waals surface area contributed by atoms with E-state index in [0.717, 1.165) is 0 Å². The molecule has 1 saturated carbocycles. The molecular formula is C18H30N2O4. The molecule has 2 aliphatic rings. The molecule has 6 nitrogen and oxygen atoms in total. The van der Waals surface area contributed by atoms with Crippen molar-refractivity contribution in [2.24, 2.45) is 28.6 Å². The first-order valence-electron chi connectivity index (χ1n) is 8.63. The fourth-order valence-electron chi connectivity index (χ4n) is 3.92. The highest BCUT2D eigenvalue weighted by molar-refractivity contribution is 5.92. The maximum atomic E-state index is 13.1. The summed E-state index contributed by atoms with van der Waals surface area (Å²) in [6, 6.07) is -1.52. The van der Waals surface area contributed by atoms with E-state index in [0.29, 0.717) is 6.54 Å². The second-order valence-corrected chi connectivity index (χ2v) is 9.19. The Balaban J connectivity index is 2.24. The molecule has 2 rings (SSSR count). The Morgan fingerprint density at radius 2 is 1.75 bits per heavy atom. The number of nitrogens with zero attached hydrogens (tertiary/aromatic N) is 1. The standard InChI is InChI=1S/C18H30N2O4/c1-9(2)14(21)19-13(17(3,4)5)15(22)20-8-10-11(18(10,6)7)12(20)16(23)24/h9-13H,8H2,1-7H3,(H,19,21)(H,23,24)/t10-,11-,12-,13+/m0/s1. The molecule has 0 radical (unpaired) electrons. The van der Waals surface area contributed by atoms with Crippen LogP contribution in [-0.4, -0.2) is 46.4 Å². The second-order valence-electron chi connectivity index (χ2n) is 9.19. The van der Waals surface area contributed by atoms with Gasteiger partial charge in [-0.2, -0.15) is 0 Å². The quantitative estimate of drug-likeness (QED) is 0.817. The molecule has 0 aromatic carbocycles. The first-order chi connectivity index (χ1) is 10.8. The van der Waals surface area contributed by atoms with Gasteiger partial charge in [-0.25, -0.2) is 4.79 Å². The zero-order valence-electron chi connectivity index (χ0n) is 15.7. The maximum absolute atomic E-state index is 13.1. The lowest BCUT2D eigenvalue weighted by Crippen LogP contribution is -2.58. The summed E-state index contributed by atoms with van der Waals surface area (Å²) in [4.78, 5) is 38.4. The number of hydrogen-bond donors (Lipinski definition) is 2. The minimum absolute atomic E-state index is 0.000341. The summed E-state index contributed by atoms with van der Waals surface area (Å²) < 4.78 is 0. The smallest absolute Gasteiger partial charge is 0.326 e. The number of carbonyl (C=O) groups excluding carboxylic acids is 2. The van der Waals surface area contributed by atoms with Crippen LogP contribution in [0.5, 0.6) is 0 Å². The molecule has 1 aliphatic carbocycles. The molecular weight excluding hydrogens is 308 g/mol. The van der Waals surface area contributed by atoms with Crippen molar-refractivity contribution >= 4 is 17.8 Å². The van der Waals surface area contributed by atoms with Gasteiger partial charge in [-0.3, -0.25) is 9.59 Å². The topological polar surface area (TPSA) is 86.7 Å². The summed E-state index contributed by atoms with van der Waals surface area (Å²) in [5.74, 6) is -1.44. The summed E-state index contributed by atoms with van der Waals surface area (Å²) in [6.45, 7) is 13.8. The van der Waals surface area contributed by atoms with Gasteiger partial charge in [-0.05, 0) is 16.7 Å². The summed E-state index contributed by atoms with van der Waals surface area (Å²) in [5.41, 5.74) is -0.523. The van der Waals surface area contributed by atoms with E-state index in [9.17, 15) is 19.5 Å². The average Bonchev–Trinajstić information content (AvgIpc) is 2.82. The SMILES string of the molecule is CC(C)C(=O)N[C@H](C(=O)N1C[C@H]2[C@@H]([C@H]1C(=O)O)C2(C)C)C(C)(C)C. The Hall–Kier alpha value is -1.59. The Morgan fingerprint density at radius 1 is 1.21 bits per heavy atom. The molecule has 24 heavy (non-hydrogen) atoms. The zero-order chi connectivity index (χ0) is 18.6. The minimum Gasteiger partial charge on any atom is -0.480 e. The van der Waals surface area contributed by atoms with Crippen LogP contribution in [0, 0.1) is 28.6 Å². The molecule has 1 saturated heterocycles. The number of amides is 2. The summed E-state index contributed by atoms with van der Waals surface area (Å²) >= 11 is 0. The Bertz CT molecular complexity index is 562. The van der Waals surface area contributed by atoms with E-state index in [-0.39, 0.29) is 35.0 Å². The molecule has 1 aliphatic heterocycles. The van der Waals surface area contributed by atoms with Gasteiger partial charge in [-0.1, -0.05) is 48.5 Å². The van der Waals surface area contributed by atoms with Gasteiger partial charge in [0.25, 0.3) is 0 Å². The third kappa shape index (κ3) is 3.03. The molecule has 4 atom stereocenters. The molecule has 0 aromatic rings. The number of rotatable bonds is 4. The van der Waals surface area contributed by atoms with Crippen molar-refractivity contribution in [1.82, 2.24) is 10.2 Å². The highest BCUT2D eigenvalue weighted by Crippen LogP contribution is 2.64. The molecule has 2 N–H and O–H groups in total. The number of nitrogens with one attached hydrogen (secondary N) is 1. The van der Waals surface area contributed by atoms with Gasteiger partial charge in [0.1, 0.15) is 12.1 Å². The Morgan fingerprint density at radius 3 is 2.17 bits per heavy atom. The summed E-state index contributed by atoms with van der Waals surface area (Å²) in [7, 11) is 0. The highest BCUT2D eigenvalue weighted by Gasteiger charge is 2.70. The van der Waals surface area contributed by atoms with Crippen molar-refractivity contribution in [3.63, 3.8) is 0 Å². The van der Waals surface area contributed by atoms with Gasteiger partial charge < -0.3 is 15.3 Å². The lowest BCUT2D eigenvalue weighted by Gasteiger charge is -2.37. The summed E-state index contributed by atoms with van der Waals surface area (Å²) in [6.07, 6.45) is 0. The molecule has 1 heterocycles. The van der Waals surface area contributed by atoms with Crippen LogP contribution in [0.3, 0.4) is 0 Å². The Labute approximate surface area is 144 Å². The van der Waals surface area contributed by atoms with E-state index in [1.165, 1.54) is 4.90 Å². The van der Waals surface area contributed by atoms with Gasteiger partial charge in [0, 0.05) is 18.4 Å². The van der Waals surface area contributed by atoms with Gasteiger partial charge in [0.15, 0.2) is 0 Å². The van der Waals surface area contributed by atoms with E-state index in [2.05, 4.69) is 19.2 Å². The third-order valence-corrected chi connectivity index (χ3v) is 5.67. The van der Waals surface area contributed by atoms with E-state index in [4.69, 9.17) is 0 Å². The predicted octanol–water partition coefficient (Wildman–Crippen LogP) is 1.74. The van der Waals surface area contributed by atoms with Crippen molar-refractivity contribution in [2.45, 2.75) is 60.5 Å². The second kappa shape index (κ2) is 5.74. The monoisotopic (exact) mass is 338 g/mol. The lowest BCUT2D eigenvalue weighted by atomic mass is 9.85. The number of piperidine rings is 1. The summed E-state index contributed by atoms with van der Waals surface area (Å²) in [5, 5.41) is 12.5. The number of likely N-dealkylation sites (tertiary alicyclic amines) is 1. The van der Waals surface area contributed by atoms with Crippen LogP contribution >= 0.6 is 0 Å². The number of carboxylic acid groups (broad SMARTS) is 1. The largest absolute Gasteiger partial charge is 0.480 e. The lowest BCUT2D eigenvalue weighted by molar-refractivity contribution is -0.153. The number of carboxylic acids is 1. The van der Waals surface area contributed by atoms with Crippen molar-refractivity contribution in [1.29, 1.82) is 0 Å². The average molecular weight is 338 g/mol. The van der Waals surface area contributed by atoms with Crippen LogP contribution in [0.15, 0.2) is 0 Å². The first kappa shape index (κ1) is 18.7. The molecule has 0 aromatic heterocycles. The van der Waals surface area contributed by atoms with Crippen molar-refractivity contribution < 1.29 is 19.5 Å². The van der Waals surface area contributed by atoms with E-state index in [1.807, 2.05) is 20.8 Å². The first-order valence-corrected chi connectivity index (χ1v) is 8.63. The van der Waals surface area contributed by atoms with Crippen molar-refractivity contribution in [3.05, 3.63) is 0 Å². The van der Waals surface area contributed by atoms with Gasteiger partial charge in [0.2, 0.25) is 11.8 Å². The van der Waals surface area contributed by atoms with Crippen LogP contribution in [0.4, 0.5) is 0 Å². The zero-order valence-corrected chi connectivity index (χ0v) is 15.7. The normalized spacial score (nSPS) is 29.2. The number of fused-ring (bicyclic) bond motifs is 1. The molecule has 0 bridgehead atoms. The van der Waals surface area contributed by atoms with Gasteiger partial charge in [0.05, 0.1) is 0 Å². The maximum Gasteiger partial charge on any atom is 0.326 e. The fraction of sp³-hybridized carbons (Fsp3) is 0.833. The number of hydrogen-bond acceptors (Lipinski definition) is 3. The molecule has 6 heteroatoms. The van der Waals surface area contributed by atoms with E-state index < -0.39 is 23.5 Å². The van der Waals surface area contributed by atoms with Gasteiger partial charge >= 0.3 is 5.97 Å². The van der Waals surface area contributed by atoms with Crippen LogP contribution in [0.2, 0.25) is 0 Å². The van der Waals surface area contributed by atoms with Crippen LogP contribution < -0.4 is 5.32 Å². The van der Waals surface area contributed by atoms with Crippen molar-refractivity contribution in [3.8, 4) is 0 Å². The van der Waals surface area contributed by atoms with Crippen LogP contribution in [-0.2, 0) is 14.4 Å². The molecule has 2 amide bonds. The predicted molar refractivity (Wildman–Crippen MR) is 90.1 cm³/mol. The molecule has 0 spiro atoms. The Kier molecular flexibility index (Phi) is 4.48.